The molecule has 0 aliphatic carbocycles. The van der Waals surface area contributed by atoms with Crippen molar-refractivity contribution in [2.45, 2.75) is 13.8 Å². The number of hydrogen-bond acceptors (Lipinski definition) is 4. The van der Waals surface area contributed by atoms with Crippen molar-refractivity contribution in [3.8, 4) is 16.9 Å². The van der Waals surface area contributed by atoms with Crippen LogP contribution in [0.2, 0.25) is 0 Å². The number of carbonyl (C=O) groups is 2. The van der Waals surface area contributed by atoms with E-state index < -0.39 is 0 Å². The van der Waals surface area contributed by atoms with Crippen molar-refractivity contribution in [1.82, 2.24) is 4.98 Å². The Hall–Kier alpha value is -2.49. The van der Waals surface area contributed by atoms with Gasteiger partial charge in [0, 0.05) is 13.8 Å². The molecule has 1 heterocycles. The molecule has 96 valence electrons. The monoisotopic (exact) mass is 255 g/mol. The predicted molar refractivity (Wildman–Crippen MR) is 71.3 cm³/mol. The SMILES string of the molecule is CC(=O)c1cc(-c2ccc(O)cc2)cc(C(C)=O)n1. The molecule has 0 saturated heterocycles. The molecule has 2 aromatic rings. The number of aromatic hydroxyl groups is 1. The Morgan fingerprint density at radius 1 is 0.895 bits per heavy atom. The Morgan fingerprint density at radius 2 is 1.37 bits per heavy atom. The topological polar surface area (TPSA) is 67.3 Å². The van der Waals surface area contributed by atoms with E-state index in [1.165, 1.54) is 13.8 Å². The van der Waals surface area contributed by atoms with Crippen molar-refractivity contribution >= 4 is 11.6 Å². The largest absolute Gasteiger partial charge is 0.508 e. The summed E-state index contributed by atoms with van der Waals surface area (Å²) in [6.07, 6.45) is 0. The van der Waals surface area contributed by atoms with Crippen LogP contribution in [-0.2, 0) is 0 Å². The van der Waals surface area contributed by atoms with Gasteiger partial charge in [-0.3, -0.25) is 9.59 Å². The molecule has 0 bridgehead atoms. The van der Waals surface area contributed by atoms with E-state index in [1.54, 1.807) is 36.4 Å². The average molecular weight is 255 g/mol. The van der Waals surface area contributed by atoms with Gasteiger partial charge in [-0.1, -0.05) is 12.1 Å². The summed E-state index contributed by atoms with van der Waals surface area (Å²) < 4.78 is 0. The predicted octanol–water partition coefficient (Wildman–Crippen LogP) is 2.86. The lowest BCUT2D eigenvalue weighted by molar-refractivity contribution is 0.101. The summed E-state index contributed by atoms with van der Waals surface area (Å²) >= 11 is 0. The first-order valence-electron chi connectivity index (χ1n) is 5.81. The maximum absolute atomic E-state index is 11.4. The fourth-order valence-electron chi connectivity index (χ4n) is 1.71. The second-order valence-electron chi connectivity index (χ2n) is 4.29. The third kappa shape index (κ3) is 2.85. The molecule has 4 nitrogen and oxygen atoms in total. The number of benzene rings is 1. The normalized spacial score (nSPS) is 10.2. The zero-order valence-corrected chi connectivity index (χ0v) is 10.7. The summed E-state index contributed by atoms with van der Waals surface area (Å²) in [6, 6.07) is 9.83. The molecular weight excluding hydrogens is 242 g/mol. The Bertz CT molecular complexity index is 613. The highest BCUT2D eigenvalue weighted by molar-refractivity contribution is 5.98. The van der Waals surface area contributed by atoms with Gasteiger partial charge in [0.15, 0.2) is 11.6 Å². The van der Waals surface area contributed by atoms with E-state index in [-0.39, 0.29) is 28.7 Å². The van der Waals surface area contributed by atoms with Crippen LogP contribution in [0.5, 0.6) is 5.75 Å². The number of pyridine rings is 1. The Kier molecular flexibility index (Phi) is 3.42. The van der Waals surface area contributed by atoms with Crippen LogP contribution in [-0.4, -0.2) is 21.7 Å². The van der Waals surface area contributed by atoms with Crippen molar-refractivity contribution in [1.29, 1.82) is 0 Å². The third-order valence-corrected chi connectivity index (χ3v) is 2.75. The van der Waals surface area contributed by atoms with Gasteiger partial charge in [0.05, 0.1) is 0 Å². The molecule has 0 unspecified atom stereocenters. The number of ketones is 2. The lowest BCUT2D eigenvalue weighted by atomic mass is 10.0. The fraction of sp³-hybridized carbons (Fsp3) is 0.133. The van der Waals surface area contributed by atoms with Gasteiger partial charge in [0.25, 0.3) is 0 Å². The number of rotatable bonds is 3. The molecule has 0 aliphatic rings. The van der Waals surface area contributed by atoms with Crippen molar-refractivity contribution in [2.24, 2.45) is 0 Å². The Balaban J connectivity index is 2.59. The van der Waals surface area contributed by atoms with Gasteiger partial charge in [-0.15, -0.1) is 0 Å². The average Bonchev–Trinajstić information content (AvgIpc) is 2.39. The molecule has 1 aromatic carbocycles. The molecule has 0 spiro atoms. The van der Waals surface area contributed by atoms with Crippen LogP contribution >= 0.6 is 0 Å². The van der Waals surface area contributed by atoms with Crippen LogP contribution in [0, 0.1) is 0 Å². The number of phenols is 1. The van der Waals surface area contributed by atoms with Gasteiger partial charge in [0.2, 0.25) is 0 Å². The van der Waals surface area contributed by atoms with E-state index in [9.17, 15) is 14.7 Å². The van der Waals surface area contributed by atoms with Gasteiger partial charge >= 0.3 is 0 Å². The molecule has 0 atom stereocenters. The van der Waals surface area contributed by atoms with Crippen molar-refractivity contribution in [2.75, 3.05) is 0 Å². The second kappa shape index (κ2) is 5.02. The zero-order valence-electron chi connectivity index (χ0n) is 10.7. The molecule has 19 heavy (non-hydrogen) atoms. The zero-order chi connectivity index (χ0) is 14.0. The van der Waals surface area contributed by atoms with E-state index in [2.05, 4.69) is 4.98 Å². The van der Waals surface area contributed by atoms with Crippen LogP contribution in [0.4, 0.5) is 0 Å². The number of nitrogens with zero attached hydrogens (tertiary/aromatic N) is 1. The first-order chi connectivity index (χ1) is 8.97. The molecule has 0 fully saturated rings. The van der Waals surface area contributed by atoms with E-state index in [0.717, 1.165) is 11.1 Å². The molecule has 0 amide bonds. The number of hydrogen-bond donors (Lipinski definition) is 1. The molecule has 0 saturated carbocycles. The first kappa shape index (κ1) is 13.0. The van der Waals surface area contributed by atoms with Gasteiger partial charge in [-0.25, -0.2) is 4.98 Å². The van der Waals surface area contributed by atoms with Crippen LogP contribution in [0.3, 0.4) is 0 Å². The minimum Gasteiger partial charge on any atom is -0.508 e. The van der Waals surface area contributed by atoms with Crippen molar-refractivity contribution in [3.05, 3.63) is 47.8 Å². The Labute approximate surface area is 110 Å². The second-order valence-corrected chi connectivity index (χ2v) is 4.29. The van der Waals surface area contributed by atoms with E-state index in [4.69, 9.17) is 0 Å². The summed E-state index contributed by atoms with van der Waals surface area (Å²) in [7, 11) is 0. The molecular formula is C15H13NO3. The van der Waals surface area contributed by atoms with Gasteiger partial charge in [0.1, 0.15) is 17.1 Å². The standard InChI is InChI=1S/C15H13NO3/c1-9(17)14-7-12(8-15(16-14)10(2)18)11-3-5-13(19)6-4-11/h3-8,19H,1-2H3. The van der Waals surface area contributed by atoms with Gasteiger partial charge in [-0.2, -0.15) is 0 Å². The lowest BCUT2D eigenvalue weighted by Crippen LogP contribution is -2.04. The highest BCUT2D eigenvalue weighted by Gasteiger charge is 2.10. The van der Waals surface area contributed by atoms with Crippen molar-refractivity contribution < 1.29 is 14.7 Å². The molecule has 1 aromatic heterocycles. The van der Waals surface area contributed by atoms with Gasteiger partial charge in [-0.05, 0) is 35.4 Å². The summed E-state index contributed by atoms with van der Waals surface area (Å²) in [5.41, 5.74) is 2.06. The van der Waals surface area contributed by atoms with E-state index in [0.29, 0.717) is 0 Å². The summed E-state index contributed by atoms with van der Waals surface area (Å²) in [5, 5.41) is 9.27. The van der Waals surface area contributed by atoms with Crippen LogP contribution in [0.15, 0.2) is 36.4 Å². The highest BCUT2D eigenvalue weighted by Crippen LogP contribution is 2.23. The molecule has 0 aliphatic heterocycles. The molecule has 1 N–H and O–H groups in total. The van der Waals surface area contributed by atoms with E-state index >= 15 is 0 Å². The smallest absolute Gasteiger partial charge is 0.178 e. The number of Topliss-reactive ketones (excluding diaryl/α,β-unsaturated/α-hetero) is 2. The van der Waals surface area contributed by atoms with Gasteiger partial charge < -0.3 is 5.11 Å². The van der Waals surface area contributed by atoms with E-state index in [1.807, 2.05) is 0 Å². The molecule has 4 heteroatoms. The summed E-state index contributed by atoms with van der Waals surface area (Å²) in [4.78, 5) is 26.9. The quantitative estimate of drug-likeness (QED) is 0.856. The minimum atomic E-state index is -0.192. The van der Waals surface area contributed by atoms with Crippen LogP contribution < -0.4 is 0 Å². The number of carbonyl (C=O) groups excluding carboxylic acids is 2. The maximum Gasteiger partial charge on any atom is 0.178 e. The minimum absolute atomic E-state index is 0.163. The van der Waals surface area contributed by atoms with Crippen LogP contribution in [0.25, 0.3) is 11.1 Å². The number of aromatic nitrogens is 1. The summed E-state index contributed by atoms with van der Waals surface area (Å²) in [5.74, 6) is -0.220. The molecule has 2 rings (SSSR count). The molecule has 0 radical (unpaired) electrons. The fourth-order valence-corrected chi connectivity index (χ4v) is 1.71. The third-order valence-electron chi connectivity index (χ3n) is 2.75. The highest BCUT2D eigenvalue weighted by atomic mass is 16.3. The number of phenolic OH excluding ortho intramolecular Hbond substituents is 1. The summed E-state index contributed by atoms with van der Waals surface area (Å²) in [6.45, 7) is 2.82. The first-order valence-corrected chi connectivity index (χ1v) is 5.81. The lowest BCUT2D eigenvalue weighted by Gasteiger charge is -2.06. The van der Waals surface area contributed by atoms with Crippen molar-refractivity contribution in [3.63, 3.8) is 0 Å². The Morgan fingerprint density at radius 3 is 1.79 bits per heavy atom. The maximum atomic E-state index is 11.4. The van der Waals surface area contributed by atoms with Crippen LogP contribution in [0.1, 0.15) is 34.8 Å².